The lowest BCUT2D eigenvalue weighted by atomic mass is 10.1. The van der Waals surface area contributed by atoms with Gasteiger partial charge in [-0.25, -0.2) is 4.39 Å². The Kier molecular flexibility index (Phi) is 4.50. The van der Waals surface area contributed by atoms with Crippen molar-refractivity contribution in [3.8, 4) is 0 Å². The summed E-state index contributed by atoms with van der Waals surface area (Å²) in [4.78, 5) is 4.19. The average Bonchev–Trinajstić information content (AvgIpc) is 2.79. The Balaban J connectivity index is 2.07. The molecule has 0 saturated heterocycles. The zero-order valence-electron chi connectivity index (χ0n) is 10.8. The highest BCUT2D eigenvalue weighted by Gasteiger charge is 2.12. The second-order valence-corrected chi connectivity index (χ2v) is 4.92. The molecular weight excluding hydrogens is 269 g/mol. The molecule has 1 aromatic heterocycles. The van der Waals surface area contributed by atoms with Gasteiger partial charge in [0.25, 0.3) is 0 Å². The van der Waals surface area contributed by atoms with Crippen LogP contribution in [0.4, 0.5) is 4.39 Å². The molecule has 0 aliphatic carbocycles. The van der Waals surface area contributed by atoms with E-state index in [0.717, 1.165) is 0 Å². The lowest BCUT2D eigenvalue weighted by molar-refractivity contribution is 0.358. The molecule has 0 spiro atoms. The minimum absolute atomic E-state index is 0.219. The maximum absolute atomic E-state index is 13.6. The first-order chi connectivity index (χ1) is 9.06. The molecule has 0 amide bonds. The lowest BCUT2D eigenvalue weighted by Crippen LogP contribution is -2.21. The van der Waals surface area contributed by atoms with E-state index in [9.17, 15) is 4.39 Å². The molecule has 1 N–H and O–H groups in total. The summed E-state index contributed by atoms with van der Waals surface area (Å²) < 4.78 is 18.7. The summed E-state index contributed by atoms with van der Waals surface area (Å²) in [5.74, 6) is 0.544. The molecule has 0 fully saturated rings. The Morgan fingerprint density at radius 1 is 1.42 bits per heavy atom. The minimum Gasteiger partial charge on any atom is -0.338 e. The molecule has 2 aromatic rings. The van der Waals surface area contributed by atoms with Crippen molar-refractivity contribution in [1.29, 1.82) is 0 Å². The number of hydrogen-bond acceptors (Lipinski definition) is 4. The third-order valence-corrected chi connectivity index (χ3v) is 2.92. The van der Waals surface area contributed by atoms with Gasteiger partial charge in [-0.3, -0.25) is 0 Å². The van der Waals surface area contributed by atoms with E-state index in [1.54, 1.807) is 12.1 Å². The van der Waals surface area contributed by atoms with E-state index in [2.05, 4.69) is 15.5 Å². The molecule has 0 saturated carbocycles. The van der Waals surface area contributed by atoms with Gasteiger partial charge in [-0.1, -0.05) is 36.7 Å². The monoisotopic (exact) mass is 283 g/mol. The first-order valence-corrected chi connectivity index (χ1v) is 6.42. The fourth-order valence-corrected chi connectivity index (χ4v) is 1.81. The van der Waals surface area contributed by atoms with Crippen molar-refractivity contribution >= 4 is 11.6 Å². The molecule has 2 rings (SSSR count). The first-order valence-electron chi connectivity index (χ1n) is 6.04. The number of benzene rings is 1. The number of hydrogen-bond donors (Lipinski definition) is 1. The Bertz CT molecular complexity index is 536. The number of rotatable bonds is 5. The van der Waals surface area contributed by atoms with Crippen LogP contribution in [0.1, 0.15) is 31.1 Å². The van der Waals surface area contributed by atoms with Crippen LogP contribution in [0.3, 0.4) is 0 Å². The largest absolute Gasteiger partial charge is 0.338 e. The van der Waals surface area contributed by atoms with Gasteiger partial charge in [0, 0.05) is 23.0 Å². The van der Waals surface area contributed by atoms with E-state index in [0.29, 0.717) is 34.9 Å². The Hall–Kier alpha value is -1.46. The fourth-order valence-electron chi connectivity index (χ4n) is 1.58. The van der Waals surface area contributed by atoms with E-state index in [1.807, 2.05) is 13.8 Å². The fraction of sp³-hybridized carbons (Fsp3) is 0.385. The van der Waals surface area contributed by atoms with Gasteiger partial charge in [-0.05, 0) is 12.1 Å². The molecule has 0 unspecified atom stereocenters. The molecular formula is C13H15ClFN3O. The summed E-state index contributed by atoms with van der Waals surface area (Å²) >= 11 is 5.95. The van der Waals surface area contributed by atoms with Crippen LogP contribution in [0.5, 0.6) is 0 Å². The van der Waals surface area contributed by atoms with Gasteiger partial charge in [0.05, 0.1) is 6.54 Å². The maximum atomic E-state index is 13.6. The minimum atomic E-state index is -0.362. The molecule has 0 aliphatic heterocycles. The van der Waals surface area contributed by atoms with Gasteiger partial charge < -0.3 is 9.84 Å². The molecule has 0 atom stereocenters. The van der Waals surface area contributed by atoms with Gasteiger partial charge in [-0.2, -0.15) is 4.98 Å². The van der Waals surface area contributed by atoms with E-state index < -0.39 is 0 Å². The average molecular weight is 284 g/mol. The smallest absolute Gasteiger partial charge is 0.240 e. The molecule has 0 bridgehead atoms. The summed E-state index contributed by atoms with van der Waals surface area (Å²) in [6, 6.07) is 4.90. The highest BCUT2D eigenvalue weighted by atomic mass is 35.5. The van der Waals surface area contributed by atoms with Crippen LogP contribution < -0.4 is 5.32 Å². The highest BCUT2D eigenvalue weighted by molar-refractivity contribution is 6.31. The van der Waals surface area contributed by atoms with Crippen molar-refractivity contribution in [1.82, 2.24) is 15.5 Å². The van der Waals surface area contributed by atoms with E-state index in [1.165, 1.54) is 6.07 Å². The Labute approximate surface area is 116 Å². The van der Waals surface area contributed by atoms with E-state index in [-0.39, 0.29) is 12.2 Å². The van der Waals surface area contributed by atoms with E-state index >= 15 is 0 Å². The van der Waals surface area contributed by atoms with Crippen LogP contribution in [0.2, 0.25) is 5.02 Å². The topological polar surface area (TPSA) is 51.0 Å². The Morgan fingerprint density at radius 3 is 2.89 bits per heavy atom. The van der Waals surface area contributed by atoms with Crippen molar-refractivity contribution in [3.05, 3.63) is 46.3 Å². The predicted molar refractivity (Wildman–Crippen MR) is 70.5 cm³/mol. The van der Waals surface area contributed by atoms with E-state index in [4.69, 9.17) is 16.1 Å². The van der Waals surface area contributed by atoms with Crippen LogP contribution in [0.15, 0.2) is 22.7 Å². The summed E-state index contributed by atoms with van der Waals surface area (Å²) in [5, 5.41) is 7.35. The molecule has 1 heterocycles. The van der Waals surface area contributed by atoms with Crippen LogP contribution in [0.25, 0.3) is 0 Å². The predicted octanol–water partition coefficient (Wildman–Crippen LogP) is 2.95. The zero-order valence-corrected chi connectivity index (χ0v) is 11.5. The summed E-state index contributed by atoms with van der Waals surface area (Å²) in [7, 11) is 0. The molecule has 102 valence electrons. The summed E-state index contributed by atoms with van der Waals surface area (Å²) in [6.45, 7) is 4.54. The number of nitrogens with zero attached hydrogens (tertiary/aromatic N) is 2. The molecule has 4 nitrogen and oxygen atoms in total. The molecule has 19 heavy (non-hydrogen) atoms. The van der Waals surface area contributed by atoms with Crippen molar-refractivity contribution in [2.45, 2.75) is 32.9 Å². The molecule has 1 aromatic carbocycles. The third kappa shape index (κ3) is 3.75. The van der Waals surface area contributed by atoms with Gasteiger partial charge in [-0.15, -0.1) is 0 Å². The number of aromatic nitrogens is 2. The summed E-state index contributed by atoms with van der Waals surface area (Å²) in [6.07, 6.45) is 0.219. The van der Waals surface area contributed by atoms with Crippen LogP contribution in [0, 0.1) is 5.82 Å². The zero-order chi connectivity index (χ0) is 13.8. The maximum Gasteiger partial charge on any atom is 0.240 e. The van der Waals surface area contributed by atoms with Crippen molar-refractivity contribution < 1.29 is 8.91 Å². The van der Waals surface area contributed by atoms with Crippen molar-refractivity contribution in [3.63, 3.8) is 0 Å². The lowest BCUT2D eigenvalue weighted by Gasteiger charge is -2.03. The van der Waals surface area contributed by atoms with Crippen LogP contribution >= 0.6 is 11.6 Å². The highest BCUT2D eigenvalue weighted by Crippen LogP contribution is 2.21. The Morgan fingerprint density at radius 2 is 2.21 bits per heavy atom. The molecule has 0 aliphatic rings. The summed E-state index contributed by atoms with van der Waals surface area (Å²) in [5.41, 5.74) is 0.383. The first kappa shape index (κ1) is 14.0. The molecule has 0 radical (unpaired) electrons. The quantitative estimate of drug-likeness (QED) is 0.917. The molecule has 6 heteroatoms. The number of nitrogens with one attached hydrogen (secondary N) is 1. The van der Waals surface area contributed by atoms with Gasteiger partial charge in [0.15, 0.2) is 5.82 Å². The van der Waals surface area contributed by atoms with Crippen LogP contribution in [-0.2, 0) is 13.0 Å². The second kappa shape index (κ2) is 6.12. The standard InChI is InChI=1S/C13H15ClFN3O/c1-8(2)16-7-13-17-12(18-19-13)6-9-10(14)4-3-5-11(9)15/h3-5,8,16H,6-7H2,1-2H3. The van der Waals surface area contributed by atoms with Crippen molar-refractivity contribution in [2.24, 2.45) is 0 Å². The van der Waals surface area contributed by atoms with Gasteiger partial charge >= 0.3 is 0 Å². The second-order valence-electron chi connectivity index (χ2n) is 4.52. The van der Waals surface area contributed by atoms with Crippen molar-refractivity contribution in [2.75, 3.05) is 0 Å². The van der Waals surface area contributed by atoms with Gasteiger partial charge in [0.2, 0.25) is 5.89 Å². The SMILES string of the molecule is CC(C)NCc1nc(Cc2c(F)cccc2Cl)no1. The van der Waals surface area contributed by atoms with Crippen LogP contribution in [-0.4, -0.2) is 16.2 Å². The van der Waals surface area contributed by atoms with Gasteiger partial charge in [0.1, 0.15) is 5.82 Å². The number of halogens is 2. The third-order valence-electron chi connectivity index (χ3n) is 2.57. The normalized spacial score (nSPS) is 11.2.